The number of hydrogen-bond acceptors (Lipinski definition) is 3. The van der Waals surface area contributed by atoms with Gasteiger partial charge < -0.3 is 9.64 Å². The van der Waals surface area contributed by atoms with Crippen molar-refractivity contribution >= 4 is 5.97 Å². The van der Waals surface area contributed by atoms with Gasteiger partial charge in [-0.3, -0.25) is 4.79 Å². The van der Waals surface area contributed by atoms with E-state index in [1.54, 1.807) is 5.57 Å². The van der Waals surface area contributed by atoms with Gasteiger partial charge >= 0.3 is 5.97 Å². The molecule has 0 aromatic rings. The average Bonchev–Trinajstić information content (AvgIpc) is 3.24. The van der Waals surface area contributed by atoms with Gasteiger partial charge in [0.25, 0.3) is 0 Å². The van der Waals surface area contributed by atoms with E-state index in [1.807, 2.05) is 0 Å². The molecule has 1 saturated heterocycles. The number of ether oxygens (including phenoxy) is 1. The van der Waals surface area contributed by atoms with Crippen LogP contribution in [0.4, 0.5) is 0 Å². The van der Waals surface area contributed by atoms with Crippen LogP contribution in [0.15, 0.2) is 11.6 Å². The van der Waals surface area contributed by atoms with E-state index in [2.05, 4.69) is 59.4 Å². The fourth-order valence-corrected chi connectivity index (χ4v) is 11.2. The fourth-order valence-electron chi connectivity index (χ4n) is 11.2. The van der Waals surface area contributed by atoms with Crippen LogP contribution < -0.4 is 0 Å². The second-order valence-electron chi connectivity index (χ2n) is 16.6. The predicted octanol–water partition coefficient (Wildman–Crippen LogP) is 9.31. The second kappa shape index (κ2) is 12.4. The van der Waals surface area contributed by atoms with Crippen LogP contribution in [0.5, 0.6) is 0 Å². The lowest BCUT2D eigenvalue weighted by Crippen LogP contribution is -2.51. The average molecular weight is 554 g/mol. The summed E-state index contributed by atoms with van der Waals surface area (Å²) >= 11 is 0. The zero-order valence-electron chi connectivity index (χ0n) is 27.4. The first-order chi connectivity index (χ1) is 19.0. The third kappa shape index (κ3) is 6.26. The molecule has 4 fully saturated rings. The molecule has 40 heavy (non-hydrogen) atoms. The molecule has 4 aliphatic carbocycles. The predicted molar refractivity (Wildman–Crippen MR) is 167 cm³/mol. The van der Waals surface area contributed by atoms with Crippen LogP contribution >= 0.6 is 0 Å². The first-order valence-electron chi connectivity index (χ1n) is 17.6. The van der Waals surface area contributed by atoms with Gasteiger partial charge in [-0.1, -0.05) is 79.4 Å². The van der Waals surface area contributed by atoms with E-state index >= 15 is 0 Å². The number of carbonyl (C=O) groups is 1. The summed E-state index contributed by atoms with van der Waals surface area (Å²) in [6, 6.07) is 0. The third-order valence-electron chi connectivity index (χ3n) is 13.1. The van der Waals surface area contributed by atoms with Gasteiger partial charge in [-0.25, -0.2) is 0 Å². The van der Waals surface area contributed by atoms with Crippen molar-refractivity contribution in [3.8, 4) is 0 Å². The van der Waals surface area contributed by atoms with Crippen LogP contribution in [0.2, 0.25) is 0 Å². The SMILES string of the molecule is CC(C)CCC[C@H](C)[C@@H]1CC[C@@H]2[C@@H]3CC=C4C[C@H](OC(=O)CCN5C[C@H](C)C[C@H](C)C5)CC[C@@]4(C)[C@H]3CC[C@]21C. The molecule has 1 heterocycles. The number of esters is 1. The van der Waals surface area contributed by atoms with Gasteiger partial charge in [-0.05, 0) is 110 Å². The Morgan fingerprint density at radius 3 is 2.48 bits per heavy atom. The largest absolute Gasteiger partial charge is 0.462 e. The summed E-state index contributed by atoms with van der Waals surface area (Å²) in [5, 5.41) is 0. The Kier molecular flexibility index (Phi) is 9.51. The fraction of sp³-hybridized carbons (Fsp3) is 0.919. The van der Waals surface area contributed by atoms with Crippen molar-refractivity contribution in [1.82, 2.24) is 4.90 Å². The highest BCUT2D eigenvalue weighted by molar-refractivity contribution is 5.69. The van der Waals surface area contributed by atoms with E-state index in [4.69, 9.17) is 4.74 Å². The van der Waals surface area contributed by atoms with E-state index in [0.717, 1.165) is 79.8 Å². The summed E-state index contributed by atoms with van der Waals surface area (Å²) in [5.74, 6) is 6.76. The number of allylic oxidation sites excluding steroid dienone is 1. The lowest BCUT2D eigenvalue weighted by atomic mass is 9.47. The number of nitrogens with zero attached hydrogens (tertiary/aromatic N) is 1. The summed E-state index contributed by atoms with van der Waals surface area (Å²) in [4.78, 5) is 15.3. The highest BCUT2D eigenvalue weighted by Crippen LogP contribution is 2.67. The first kappa shape index (κ1) is 30.6. The Morgan fingerprint density at radius 2 is 1.75 bits per heavy atom. The maximum absolute atomic E-state index is 12.9. The minimum Gasteiger partial charge on any atom is -0.462 e. The molecule has 0 aromatic carbocycles. The molecular weight excluding hydrogens is 490 g/mol. The van der Waals surface area contributed by atoms with Gasteiger partial charge in [-0.2, -0.15) is 0 Å². The lowest BCUT2D eigenvalue weighted by molar-refractivity contribution is -0.152. The molecule has 5 aliphatic rings. The Hall–Kier alpha value is -0.830. The summed E-state index contributed by atoms with van der Waals surface area (Å²) in [6.07, 6.45) is 19.1. The minimum absolute atomic E-state index is 0.0294. The summed E-state index contributed by atoms with van der Waals surface area (Å²) in [5.41, 5.74) is 2.52. The van der Waals surface area contributed by atoms with Gasteiger partial charge in [-0.15, -0.1) is 0 Å². The zero-order chi connectivity index (χ0) is 28.7. The zero-order valence-corrected chi connectivity index (χ0v) is 27.4. The number of likely N-dealkylation sites (tertiary alicyclic amines) is 1. The minimum atomic E-state index is 0.0294. The number of rotatable bonds is 9. The van der Waals surface area contributed by atoms with E-state index in [1.165, 1.54) is 64.2 Å². The van der Waals surface area contributed by atoms with Crippen LogP contribution in [0.1, 0.15) is 132 Å². The Bertz CT molecular complexity index is 900. The quantitative estimate of drug-likeness (QED) is 0.210. The summed E-state index contributed by atoms with van der Waals surface area (Å²) in [6.45, 7) is 20.4. The van der Waals surface area contributed by atoms with Gasteiger partial charge in [0.1, 0.15) is 6.10 Å². The van der Waals surface area contributed by atoms with Gasteiger partial charge in [0.15, 0.2) is 0 Å². The molecule has 0 aromatic heterocycles. The van der Waals surface area contributed by atoms with Crippen molar-refractivity contribution in [2.24, 2.45) is 58.2 Å². The van der Waals surface area contributed by atoms with Gasteiger partial charge in [0.2, 0.25) is 0 Å². The van der Waals surface area contributed by atoms with Crippen LogP contribution in [0.25, 0.3) is 0 Å². The number of fused-ring (bicyclic) bond motifs is 5. The maximum atomic E-state index is 12.9. The highest BCUT2D eigenvalue weighted by Gasteiger charge is 2.59. The van der Waals surface area contributed by atoms with Crippen molar-refractivity contribution in [1.29, 1.82) is 0 Å². The Morgan fingerprint density at radius 1 is 1.00 bits per heavy atom. The van der Waals surface area contributed by atoms with E-state index < -0.39 is 0 Å². The first-order valence-corrected chi connectivity index (χ1v) is 17.6. The van der Waals surface area contributed by atoms with Crippen molar-refractivity contribution in [3.05, 3.63) is 11.6 Å². The summed E-state index contributed by atoms with van der Waals surface area (Å²) in [7, 11) is 0. The lowest BCUT2D eigenvalue weighted by Gasteiger charge is -2.58. The Balaban J connectivity index is 1.16. The second-order valence-corrected chi connectivity index (χ2v) is 16.6. The van der Waals surface area contributed by atoms with E-state index in [9.17, 15) is 4.79 Å². The monoisotopic (exact) mass is 553 g/mol. The molecule has 3 saturated carbocycles. The molecular formula is C37H63NO2. The number of piperidine rings is 1. The van der Waals surface area contributed by atoms with Crippen LogP contribution in [0.3, 0.4) is 0 Å². The standard InChI is InChI=1S/C37H63NO2/c1-25(2)9-8-10-28(5)32-13-14-33-31-12-11-29-22-30(15-18-36(29,6)34(31)16-19-37(32,33)7)40-35(39)17-20-38-23-26(3)21-27(4)24-38/h11,25-28,30-34H,8-10,12-24H2,1-7H3/t26-,27+,28-,30+,31-,32-,33+,34-,36+,37-/m0/s1. The van der Waals surface area contributed by atoms with Crippen molar-refractivity contribution in [2.45, 2.75) is 138 Å². The van der Waals surface area contributed by atoms with Gasteiger partial charge in [0, 0.05) is 26.1 Å². The summed E-state index contributed by atoms with van der Waals surface area (Å²) < 4.78 is 6.13. The molecule has 0 unspecified atom stereocenters. The molecule has 228 valence electrons. The van der Waals surface area contributed by atoms with Crippen molar-refractivity contribution in [3.63, 3.8) is 0 Å². The van der Waals surface area contributed by atoms with Gasteiger partial charge in [0.05, 0.1) is 6.42 Å². The van der Waals surface area contributed by atoms with E-state index in [0.29, 0.717) is 17.3 Å². The molecule has 3 heteroatoms. The third-order valence-corrected chi connectivity index (χ3v) is 13.1. The van der Waals surface area contributed by atoms with Crippen LogP contribution in [-0.2, 0) is 9.53 Å². The molecule has 0 N–H and O–H groups in total. The number of carbonyl (C=O) groups excluding carboxylic acids is 1. The normalized spacial score (nSPS) is 42.5. The van der Waals surface area contributed by atoms with Crippen LogP contribution in [-0.4, -0.2) is 36.6 Å². The molecule has 0 amide bonds. The van der Waals surface area contributed by atoms with Crippen molar-refractivity contribution in [2.75, 3.05) is 19.6 Å². The molecule has 1 aliphatic heterocycles. The topological polar surface area (TPSA) is 29.5 Å². The smallest absolute Gasteiger partial charge is 0.307 e. The highest BCUT2D eigenvalue weighted by atomic mass is 16.5. The van der Waals surface area contributed by atoms with Crippen LogP contribution in [0, 0.1) is 58.2 Å². The van der Waals surface area contributed by atoms with E-state index in [-0.39, 0.29) is 12.1 Å². The molecule has 0 spiro atoms. The molecule has 10 atom stereocenters. The molecule has 0 bridgehead atoms. The number of hydrogen-bond donors (Lipinski definition) is 0. The molecule has 5 rings (SSSR count). The molecule has 3 nitrogen and oxygen atoms in total. The molecule has 0 radical (unpaired) electrons. The maximum Gasteiger partial charge on any atom is 0.307 e. The Labute approximate surface area is 247 Å². The van der Waals surface area contributed by atoms with Crippen molar-refractivity contribution < 1.29 is 9.53 Å².